The zero-order valence-corrected chi connectivity index (χ0v) is 16.4. The highest BCUT2D eigenvalue weighted by Crippen LogP contribution is 2.47. The average molecular weight is 384 g/mol. The number of nitrogens with zero attached hydrogens (tertiary/aromatic N) is 2. The van der Waals surface area contributed by atoms with E-state index in [1.165, 1.54) is 41.0 Å². The van der Waals surface area contributed by atoms with Crippen LogP contribution >= 0.6 is 11.3 Å². The summed E-state index contributed by atoms with van der Waals surface area (Å²) < 4.78 is 0. The van der Waals surface area contributed by atoms with Crippen molar-refractivity contribution in [2.45, 2.75) is 57.2 Å². The predicted molar refractivity (Wildman–Crippen MR) is 106 cm³/mol. The van der Waals surface area contributed by atoms with Crippen molar-refractivity contribution in [3.05, 3.63) is 22.3 Å². The Morgan fingerprint density at radius 1 is 1.22 bits per heavy atom. The minimum atomic E-state index is -0.399. The molecule has 7 heteroatoms. The Bertz CT molecular complexity index is 925. The van der Waals surface area contributed by atoms with Crippen LogP contribution in [0.2, 0.25) is 0 Å². The molecule has 3 fully saturated rings. The molecule has 27 heavy (non-hydrogen) atoms. The molecule has 2 bridgehead atoms. The first kappa shape index (κ1) is 16.1. The van der Waals surface area contributed by atoms with E-state index in [1.54, 1.807) is 11.3 Å². The van der Waals surface area contributed by atoms with Crippen LogP contribution in [0.1, 0.15) is 53.5 Å². The highest BCUT2D eigenvalue weighted by molar-refractivity contribution is 7.18. The van der Waals surface area contributed by atoms with Gasteiger partial charge in [0.2, 0.25) is 0 Å². The summed E-state index contributed by atoms with van der Waals surface area (Å²) >= 11 is 1.62. The Labute approximate surface area is 162 Å². The molecule has 3 saturated heterocycles. The number of carbonyl (C=O) groups excluding carboxylic acids is 1. The molecule has 0 radical (unpaired) electrons. The third-order valence-electron chi connectivity index (χ3n) is 7.10. The summed E-state index contributed by atoms with van der Waals surface area (Å²) in [7, 11) is 0. The maximum Gasteiger partial charge on any atom is 0.265 e. The molecule has 0 spiro atoms. The molecular formula is C20H25N5OS. The highest BCUT2D eigenvalue weighted by atomic mass is 32.1. The van der Waals surface area contributed by atoms with Gasteiger partial charge in [0.15, 0.2) is 0 Å². The molecule has 6 nitrogen and oxygen atoms in total. The maximum atomic E-state index is 13.1. The van der Waals surface area contributed by atoms with Crippen LogP contribution < -0.4 is 10.6 Å². The highest BCUT2D eigenvalue weighted by Gasteiger charge is 2.48. The van der Waals surface area contributed by atoms with Crippen LogP contribution in [0.4, 0.5) is 5.69 Å². The first-order chi connectivity index (χ1) is 13.1. The van der Waals surface area contributed by atoms with Gasteiger partial charge in [0, 0.05) is 16.1 Å². The maximum absolute atomic E-state index is 13.1. The summed E-state index contributed by atoms with van der Waals surface area (Å²) in [6.45, 7) is 4.51. The van der Waals surface area contributed by atoms with Crippen LogP contribution in [-0.4, -0.2) is 45.8 Å². The summed E-state index contributed by atoms with van der Waals surface area (Å²) in [5, 5.41) is 14.6. The molecule has 5 aliphatic rings. The summed E-state index contributed by atoms with van der Waals surface area (Å²) in [5.41, 5.74) is 4.37. The third kappa shape index (κ3) is 2.27. The van der Waals surface area contributed by atoms with Gasteiger partial charge < -0.3 is 10.6 Å². The van der Waals surface area contributed by atoms with Crippen LogP contribution in [0.3, 0.4) is 0 Å². The Morgan fingerprint density at radius 3 is 2.85 bits per heavy atom. The normalized spacial score (nSPS) is 34.1. The fourth-order valence-electron chi connectivity index (χ4n) is 5.67. The molecule has 0 saturated carbocycles. The Morgan fingerprint density at radius 2 is 2.07 bits per heavy atom. The van der Waals surface area contributed by atoms with Gasteiger partial charge in [-0.05, 0) is 70.0 Å². The quantitative estimate of drug-likeness (QED) is 0.708. The summed E-state index contributed by atoms with van der Waals surface area (Å²) in [5.74, 6) is 0.891. The van der Waals surface area contributed by atoms with Gasteiger partial charge >= 0.3 is 0 Å². The second kappa shape index (κ2) is 5.58. The van der Waals surface area contributed by atoms with Crippen molar-refractivity contribution in [2.75, 3.05) is 18.4 Å². The van der Waals surface area contributed by atoms with Gasteiger partial charge in [-0.2, -0.15) is 5.10 Å². The number of aryl methyl sites for hydroxylation is 1. The average Bonchev–Trinajstić information content (AvgIpc) is 3.24. The Kier molecular flexibility index (Phi) is 3.33. The number of H-pyrrole nitrogens is 1. The second-order valence-electron chi connectivity index (χ2n) is 8.74. The fourth-order valence-corrected chi connectivity index (χ4v) is 6.91. The van der Waals surface area contributed by atoms with Crippen molar-refractivity contribution in [1.82, 2.24) is 20.4 Å². The first-order valence-corrected chi connectivity index (χ1v) is 11.0. The van der Waals surface area contributed by atoms with Crippen molar-refractivity contribution < 1.29 is 4.79 Å². The van der Waals surface area contributed by atoms with Crippen LogP contribution in [0.15, 0.2) is 6.20 Å². The minimum Gasteiger partial charge on any atom is -0.360 e. The van der Waals surface area contributed by atoms with E-state index in [9.17, 15) is 4.79 Å². The molecule has 142 valence electrons. The van der Waals surface area contributed by atoms with E-state index in [0.29, 0.717) is 6.04 Å². The summed E-state index contributed by atoms with van der Waals surface area (Å²) in [6.07, 6.45) is 8.83. The number of anilines is 1. The SMILES string of the molecule is CC1([C@@H]2CC3CCN2CC3)NC(=O)c2sc3c(c2N1)CCCc1[nH]ncc1-3. The zero-order valence-electron chi connectivity index (χ0n) is 15.6. The molecule has 4 aliphatic heterocycles. The summed E-state index contributed by atoms with van der Waals surface area (Å²) in [6, 6.07) is 0.368. The van der Waals surface area contributed by atoms with Gasteiger partial charge in [0.05, 0.1) is 17.9 Å². The van der Waals surface area contributed by atoms with E-state index in [0.717, 1.165) is 48.8 Å². The van der Waals surface area contributed by atoms with Crippen molar-refractivity contribution in [1.29, 1.82) is 0 Å². The van der Waals surface area contributed by atoms with Crippen molar-refractivity contribution in [3.8, 4) is 10.4 Å². The van der Waals surface area contributed by atoms with E-state index in [2.05, 4.69) is 32.7 Å². The lowest BCUT2D eigenvalue weighted by Gasteiger charge is -2.54. The van der Waals surface area contributed by atoms with Crippen molar-refractivity contribution in [2.24, 2.45) is 5.92 Å². The third-order valence-corrected chi connectivity index (χ3v) is 8.36. The number of thiophene rings is 1. The molecular weight excluding hydrogens is 358 g/mol. The largest absolute Gasteiger partial charge is 0.360 e. The number of aromatic nitrogens is 2. The molecule has 6 heterocycles. The minimum absolute atomic E-state index is 0.0806. The zero-order chi connectivity index (χ0) is 18.2. The van der Waals surface area contributed by atoms with Crippen LogP contribution in [0.25, 0.3) is 10.4 Å². The number of hydrogen-bond acceptors (Lipinski definition) is 5. The first-order valence-electron chi connectivity index (χ1n) is 10.2. The van der Waals surface area contributed by atoms with Crippen molar-refractivity contribution in [3.63, 3.8) is 0 Å². The molecule has 1 unspecified atom stereocenters. The molecule has 7 rings (SSSR count). The Hall–Kier alpha value is -1.86. The van der Waals surface area contributed by atoms with Gasteiger partial charge in [0.25, 0.3) is 5.91 Å². The molecule has 2 atom stereocenters. The predicted octanol–water partition coefficient (Wildman–Crippen LogP) is 2.98. The molecule has 2 aromatic rings. The number of amides is 1. The number of hydrogen-bond donors (Lipinski definition) is 3. The van der Waals surface area contributed by atoms with Crippen LogP contribution in [0, 0.1) is 5.92 Å². The lowest BCUT2D eigenvalue weighted by molar-refractivity contribution is 0.00709. The molecule has 0 aromatic carbocycles. The fraction of sp³-hybridized carbons (Fsp3) is 0.600. The second-order valence-corrected chi connectivity index (χ2v) is 9.76. The van der Waals surface area contributed by atoms with Crippen LogP contribution in [-0.2, 0) is 12.8 Å². The molecule has 3 N–H and O–H groups in total. The number of piperidine rings is 3. The number of nitrogens with one attached hydrogen (secondary N) is 3. The number of fused-ring (bicyclic) bond motifs is 8. The Balaban J connectivity index is 1.43. The summed E-state index contributed by atoms with van der Waals surface area (Å²) in [4.78, 5) is 17.8. The van der Waals surface area contributed by atoms with Crippen LogP contribution in [0.5, 0.6) is 0 Å². The van der Waals surface area contributed by atoms with E-state index >= 15 is 0 Å². The smallest absolute Gasteiger partial charge is 0.265 e. The number of rotatable bonds is 1. The number of aromatic amines is 1. The van der Waals surface area contributed by atoms with E-state index in [4.69, 9.17) is 0 Å². The molecule has 1 aliphatic carbocycles. The lowest BCUT2D eigenvalue weighted by Crippen LogP contribution is -2.69. The van der Waals surface area contributed by atoms with Gasteiger partial charge in [-0.3, -0.25) is 14.8 Å². The van der Waals surface area contributed by atoms with Gasteiger partial charge in [-0.1, -0.05) is 0 Å². The van der Waals surface area contributed by atoms with Gasteiger partial charge in [-0.15, -0.1) is 11.3 Å². The monoisotopic (exact) mass is 383 g/mol. The van der Waals surface area contributed by atoms with E-state index in [1.807, 2.05) is 6.20 Å². The molecule has 2 aromatic heterocycles. The van der Waals surface area contributed by atoms with Gasteiger partial charge in [0.1, 0.15) is 10.5 Å². The topological polar surface area (TPSA) is 73.1 Å². The van der Waals surface area contributed by atoms with E-state index in [-0.39, 0.29) is 5.91 Å². The van der Waals surface area contributed by atoms with Crippen molar-refractivity contribution >= 4 is 22.9 Å². The standard InChI is InChI=1S/C20H25N5OS/c1-20(15-9-11-5-7-25(15)8-6-11)22-16-12-3-2-4-14-13(10-21-24-14)17(12)27-18(16)19(26)23-20/h10-11,15,22H,2-9H2,1H3,(H,21,24)(H,23,26)/t15-,20?/m0/s1. The number of carbonyl (C=O) groups is 1. The van der Waals surface area contributed by atoms with E-state index < -0.39 is 5.66 Å². The molecule has 1 amide bonds. The lowest BCUT2D eigenvalue weighted by atomic mass is 9.78. The van der Waals surface area contributed by atoms with Gasteiger partial charge in [-0.25, -0.2) is 0 Å².